The van der Waals surface area contributed by atoms with E-state index >= 15 is 0 Å². The normalized spacial score (nSPS) is 32.5. The number of anilines is 1. The Balaban J connectivity index is 1.32. The van der Waals surface area contributed by atoms with Crippen LogP contribution in [0, 0.1) is 11.8 Å². The summed E-state index contributed by atoms with van der Waals surface area (Å²) in [5.74, 6) is 2.76. The Morgan fingerprint density at radius 1 is 1.10 bits per heavy atom. The molecule has 1 amide bonds. The molecule has 0 saturated carbocycles. The molecule has 158 valence electrons. The van der Waals surface area contributed by atoms with Gasteiger partial charge in [-0.3, -0.25) is 9.69 Å². The SMILES string of the molecule is CCC[C@H]1[C@H]2C[C@H](CN(c3ccc(CN4CCCC4)cn3)C2)[C@@H]2CCCC(=O)N21. The van der Waals surface area contributed by atoms with Gasteiger partial charge in [0.15, 0.2) is 0 Å². The number of pyridine rings is 1. The molecule has 5 nitrogen and oxygen atoms in total. The summed E-state index contributed by atoms with van der Waals surface area (Å²) in [6.45, 7) is 7.87. The zero-order chi connectivity index (χ0) is 19.8. The largest absolute Gasteiger partial charge is 0.356 e. The van der Waals surface area contributed by atoms with Crippen LogP contribution in [0.25, 0.3) is 0 Å². The van der Waals surface area contributed by atoms with E-state index < -0.39 is 0 Å². The molecule has 0 radical (unpaired) electrons. The number of fused-ring (bicyclic) bond motifs is 4. The van der Waals surface area contributed by atoms with Crippen molar-refractivity contribution in [2.24, 2.45) is 11.8 Å². The number of piperidine rings is 3. The monoisotopic (exact) mass is 396 g/mol. The van der Waals surface area contributed by atoms with Gasteiger partial charge in [-0.1, -0.05) is 19.4 Å². The van der Waals surface area contributed by atoms with E-state index in [4.69, 9.17) is 4.98 Å². The van der Waals surface area contributed by atoms with Crippen molar-refractivity contribution in [3.63, 3.8) is 0 Å². The lowest BCUT2D eigenvalue weighted by Gasteiger charge is -2.57. The van der Waals surface area contributed by atoms with Crippen LogP contribution in [0.15, 0.2) is 18.3 Å². The molecule has 0 N–H and O–H groups in total. The van der Waals surface area contributed by atoms with Crippen LogP contribution in [0.1, 0.15) is 63.9 Å². The maximum absolute atomic E-state index is 12.8. The second-order valence-corrected chi connectivity index (χ2v) is 9.79. The molecular formula is C24H36N4O. The van der Waals surface area contributed by atoms with E-state index in [1.807, 2.05) is 0 Å². The Kier molecular flexibility index (Phi) is 5.51. The van der Waals surface area contributed by atoms with E-state index in [9.17, 15) is 4.79 Å². The van der Waals surface area contributed by atoms with Gasteiger partial charge in [-0.15, -0.1) is 0 Å². The molecular weight excluding hydrogens is 360 g/mol. The number of rotatable bonds is 5. The molecule has 4 aliphatic heterocycles. The summed E-state index contributed by atoms with van der Waals surface area (Å²) >= 11 is 0. The highest BCUT2D eigenvalue weighted by Gasteiger charge is 2.49. The van der Waals surface area contributed by atoms with Crippen molar-refractivity contribution in [3.8, 4) is 0 Å². The zero-order valence-corrected chi connectivity index (χ0v) is 17.9. The number of hydrogen-bond donors (Lipinski definition) is 0. The third-order valence-corrected chi connectivity index (χ3v) is 7.82. The molecule has 1 aromatic heterocycles. The molecule has 0 unspecified atom stereocenters. The van der Waals surface area contributed by atoms with Crippen molar-refractivity contribution >= 4 is 11.7 Å². The summed E-state index contributed by atoms with van der Waals surface area (Å²) < 4.78 is 0. The number of likely N-dealkylation sites (tertiary alicyclic amines) is 1. The van der Waals surface area contributed by atoms with E-state index in [0.29, 0.717) is 29.8 Å². The molecule has 5 heteroatoms. The molecule has 4 atom stereocenters. The summed E-state index contributed by atoms with van der Waals surface area (Å²) in [5, 5.41) is 0. The summed E-state index contributed by atoms with van der Waals surface area (Å²) in [7, 11) is 0. The lowest BCUT2D eigenvalue weighted by atomic mass is 9.71. The van der Waals surface area contributed by atoms with E-state index in [-0.39, 0.29) is 0 Å². The topological polar surface area (TPSA) is 39.7 Å². The maximum atomic E-state index is 12.8. The molecule has 4 fully saturated rings. The van der Waals surface area contributed by atoms with Crippen molar-refractivity contribution < 1.29 is 4.79 Å². The Labute approximate surface area is 175 Å². The average Bonchev–Trinajstić information content (AvgIpc) is 3.25. The smallest absolute Gasteiger partial charge is 0.223 e. The molecule has 0 aromatic carbocycles. The number of carbonyl (C=O) groups excluding carboxylic acids is 1. The van der Waals surface area contributed by atoms with Gasteiger partial charge in [0.1, 0.15) is 5.82 Å². The number of carbonyl (C=O) groups is 1. The van der Waals surface area contributed by atoms with Crippen molar-refractivity contribution in [2.75, 3.05) is 31.1 Å². The van der Waals surface area contributed by atoms with Gasteiger partial charge in [-0.2, -0.15) is 0 Å². The third kappa shape index (κ3) is 3.78. The maximum Gasteiger partial charge on any atom is 0.223 e. The van der Waals surface area contributed by atoms with Gasteiger partial charge in [0.05, 0.1) is 0 Å². The van der Waals surface area contributed by atoms with Crippen molar-refractivity contribution in [3.05, 3.63) is 23.9 Å². The van der Waals surface area contributed by atoms with Gasteiger partial charge < -0.3 is 9.80 Å². The fourth-order valence-corrected chi connectivity index (χ4v) is 6.53. The minimum atomic E-state index is 0.423. The van der Waals surface area contributed by atoms with Gasteiger partial charge >= 0.3 is 0 Å². The van der Waals surface area contributed by atoms with Gasteiger partial charge in [0, 0.05) is 44.3 Å². The molecule has 29 heavy (non-hydrogen) atoms. The van der Waals surface area contributed by atoms with Crippen LogP contribution in [0.4, 0.5) is 5.82 Å². The van der Waals surface area contributed by atoms with Crippen molar-refractivity contribution in [1.82, 2.24) is 14.8 Å². The quantitative estimate of drug-likeness (QED) is 0.761. The number of amides is 1. The van der Waals surface area contributed by atoms with Crippen molar-refractivity contribution in [2.45, 2.75) is 76.9 Å². The van der Waals surface area contributed by atoms with Crippen LogP contribution >= 0.6 is 0 Å². The van der Waals surface area contributed by atoms with E-state index in [2.05, 4.69) is 40.0 Å². The first kappa shape index (κ1) is 19.3. The van der Waals surface area contributed by atoms with Crippen molar-refractivity contribution in [1.29, 1.82) is 0 Å². The standard InChI is InChI=1S/C24H36N4O/c1-2-6-21-19-13-20(22-7-5-8-24(29)28(21)22)17-27(16-19)23-10-9-18(14-25-23)15-26-11-3-4-12-26/h9-10,14,19-22H,2-8,11-13,15-17H2,1H3/t19-,20+,21-,22-/m0/s1. The minimum absolute atomic E-state index is 0.423. The Morgan fingerprint density at radius 2 is 1.93 bits per heavy atom. The first-order valence-corrected chi connectivity index (χ1v) is 12.0. The van der Waals surface area contributed by atoms with E-state index in [1.165, 1.54) is 44.3 Å². The summed E-state index contributed by atoms with van der Waals surface area (Å²) in [6, 6.07) is 5.42. The number of aromatic nitrogens is 1. The fraction of sp³-hybridized carbons (Fsp3) is 0.750. The number of nitrogens with zero attached hydrogens (tertiary/aromatic N) is 4. The third-order valence-electron chi connectivity index (χ3n) is 7.82. The van der Waals surface area contributed by atoms with Crippen LogP contribution in [0.2, 0.25) is 0 Å². The second kappa shape index (κ2) is 8.25. The molecule has 5 heterocycles. The second-order valence-electron chi connectivity index (χ2n) is 9.79. The fourth-order valence-electron chi connectivity index (χ4n) is 6.53. The summed E-state index contributed by atoms with van der Waals surface area (Å²) in [6.07, 6.45) is 11.4. The van der Waals surface area contributed by atoms with Gasteiger partial charge in [-0.05, 0) is 75.1 Å². The van der Waals surface area contributed by atoms with E-state index in [0.717, 1.165) is 51.1 Å². The van der Waals surface area contributed by atoms with Gasteiger partial charge in [0.25, 0.3) is 0 Å². The van der Waals surface area contributed by atoms with Crippen LogP contribution < -0.4 is 4.90 Å². The van der Waals surface area contributed by atoms with Crippen LogP contribution in [0.3, 0.4) is 0 Å². The summed E-state index contributed by atoms with van der Waals surface area (Å²) in [5.41, 5.74) is 1.33. The van der Waals surface area contributed by atoms with Crippen LogP contribution in [-0.4, -0.2) is 59.0 Å². The van der Waals surface area contributed by atoms with Gasteiger partial charge in [-0.25, -0.2) is 4.98 Å². The van der Waals surface area contributed by atoms with Crippen LogP contribution in [0.5, 0.6) is 0 Å². The molecule has 5 rings (SSSR count). The molecule has 0 spiro atoms. The highest BCUT2D eigenvalue weighted by Crippen LogP contribution is 2.43. The Hall–Kier alpha value is -1.62. The lowest BCUT2D eigenvalue weighted by molar-refractivity contribution is -0.149. The minimum Gasteiger partial charge on any atom is -0.356 e. The lowest BCUT2D eigenvalue weighted by Crippen LogP contribution is -2.65. The first-order valence-electron chi connectivity index (χ1n) is 12.0. The Morgan fingerprint density at radius 3 is 2.69 bits per heavy atom. The molecule has 2 bridgehead atoms. The molecule has 4 aliphatic rings. The summed E-state index contributed by atoms with van der Waals surface area (Å²) in [4.78, 5) is 25.1. The molecule has 1 aromatic rings. The predicted octanol–water partition coefficient (Wildman–Crippen LogP) is 3.68. The Bertz CT molecular complexity index is 714. The predicted molar refractivity (Wildman–Crippen MR) is 116 cm³/mol. The highest BCUT2D eigenvalue weighted by molar-refractivity contribution is 5.78. The van der Waals surface area contributed by atoms with E-state index in [1.54, 1.807) is 0 Å². The molecule has 0 aliphatic carbocycles. The average molecular weight is 397 g/mol. The van der Waals surface area contributed by atoms with Gasteiger partial charge in [0.2, 0.25) is 5.91 Å². The van der Waals surface area contributed by atoms with Crippen LogP contribution in [-0.2, 0) is 11.3 Å². The number of hydrogen-bond acceptors (Lipinski definition) is 4. The molecule has 4 saturated heterocycles. The zero-order valence-electron chi connectivity index (χ0n) is 17.9. The first-order chi connectivity index (χ1) is 14.2. The highest BCUT2D eigenvalue weighted by atomic mass is 16.2.